The second-order valence-electron chi connectivity index (χ2n) is 7.67. The number of fused-ring (bicyclic) bond motifs is 3. The smallest absolute Gasteiger partial charge is 0.255 e. The maximum absolute atomic E-state index is 13.0. The molecule has 1 aliphatic carbocycles. The molecular formula is C25H23N3O. The van der Waals surface area contributed by atoms with Crippen molar-refractivity contribution in [1.82, 2.24) is 4.98 Å². The molecule has 0 fully saturated rings. The van der Waals surface area contributed by atoms with Gasteiger partial charge >= 0.3 is 0 Å². The molecule has 1 aromatic heterocycles. The summed E-state index contributed by atoms with van der Waals surface area (Å²) in [5.74, 6) is -0.144. The first kappa shape index (κ1) is 17.6. The number of aryl methyl sites for hydroxylation is 2. The van der Waals surface area contributed by atoms with Crippen LogP contribution in [0.3, 0.4) is 0 Å². The molecule has 1 aliphatic rings. The zero-order valence-electron chi connectivity index (χ0n) is 16.2. The SMILES string of the molecule is Nc1ccc(-c2ccccc2)cc1NC(=O)c1ccc2[nH]c3c(c2c1)CCCC3. The normalized spacial score (nSPS) is 13.2. The molecule has 0 bridgehead atoms. The third-order valence-electron chi connectivity index (χ3n) is 5.77. The summed E-state index contributed by atoms with van der Waals surface area (Å²) in [6.45, 7) is 0. The van der Waals surface area contributed by atoms with Crippen LogP contribution in [-0.2, 0) is 12.8 Å². The molecule has 1 heterocycles. The molecule has 0 aliphatic heterocycles. The van der Waals surface area contributed by atoms with Gasteiger partial charge in [-0.1, -0.05) is 36.4 Å². The number of hydrogen-bond donors (Lipinski definition) is 3. The molecule has 4 heteroatoms. The van der Waals surface area contributed by atoms with Crippen LogP contribution in [0.25, 0.3) is 22.0 Å². The van der Waals surface area contributed by atoms with Gasteiger partial charge < -0.3 is 16.0 Å². The number of H-pyrrole nitrogens is 1. The Hall–Kier alpha value is -3.53. The molecule has 29 heavy (non-hydrogen) atoms. The average Bonchev–Trinajstić information content (AvgIpc) is 3.14. The molecule has 0 atom stereocenters. The molecule has 4 N–H and O–H groups in total. The third-order valence-corrected chi connectivity index (χ3v) is 5.77. The van der Waals surface area contributed by atoms with Crippen LogP contribution in [-0.4, -0.2) is 10.9 Å². The quantitative estimate of drug-likeness (QED) is 0.407. The Morgan fingerprint density at radius 2 is 1.72 bits per heavy atom. The van der Waals surface area contributed by atoms with Gasteiger partial charge in [0, 0.05) is 22.2 Å². The molecule has 3 aromatic carbocycles. The minimum absolute atomic E-state index is 0.144. The minimum atomic E-state index is -0.144. The van der Waals surface area contributed by atoms with Crippen LogP contribution < -0.4 is 11.1 Å². The predicted octanol–water partition coefficient (Wildman–Crippen LogP) is 5.55. The second kappa shape index (κ2) is 7.13. The minimum Gasteiger partial charge on any atom is -0.397 e. The summed E-state index contributed by atoms with van der Waals surface area (Å²) in [5, 5.41) is 4.16. The lowest BCUT2D eigenvalue weighted by molar-refractivity contribution is 0.102. The summed E-state index contributed by atoms with van der Waals surface area (Å²) in [7, 11) is 0. The molecule has 1 amide bonds. The van der Waals surface area contributed by atoms with Crippen LogP contribution in [0.4, 0.5) is 11.4 Å². The fraction of sp³-hybridized carbons (Fsp3) is 0.160. The molecule has 4 aromatic rings. The van der Waals surface area contributed by atoms with Crippen molar-refractivity contribution in [2.75, 3.05) is 11.1 Å². The van der Waals surface area contributed by atoms with Crippen molar-refractivity contribution in [3.8, 4) is 11.1 Å². The van der Waals surface area contributed by atoms with Gasteiger partial charge in [0.2, 0.25) is 0 Å². The maximum atomic E-state index is 13.0. The highest BCUT2D eigenvalue weighted by molar-refractivity contribution is 6.08. The van der Waals surface area contributed by atoms with E-state index in [1.54, 1.807) is 0 Å². The largest absolute Gasteiger partial charge is 0.397 e. The van der Waals surface area contributed by atoms with Gasteiger partial charge in [0.25, 0.3) is 5.91 Å². The zero-order chi connectivity index (χ0) is 19.8. The van der Waals surface area contributed by atoms with E-state index in [2.05, 4.69) is 10.3 Å². The van der Waals surface area contributed by atoms with E-state index in [4.69, 9.17) is 5.73 Å². The van der Waals surface area contributed by atoms with Gasteiger partial charge in [0.05, 0.1) is 11.4 Å². The number of rotatable bonds is 3. The third kappa shape index (κ3) is 3.27. The number of carbonyl (C=O) groups excluding carboxylic acids is 1. The Labute approximate surface area is 169 Å². The summed E-state index contributed by atoms with van der Waals surface area (Å²) in [6, 6.07) is 21.7. The van der Waals surface area contributed by atoms with E-state index in [9.17, 15) is 4.79 Å². The van der Waals surface area contributed by atoms with Crippen molar-refractivity contribution in [2.24, 2.45) is 0 Å². The van der Waals surface area contributed by atoms with Crippen LogP contribution >= 0.6 is 0 Å². The Morgan fingerprint density at radius 3 is 2.59 bits per heavy atom. The monoisotopic (exact) mass is 381 g/mol. The zero-order valence-corrected chi connectivity index (χ0v) is 16.2. The van der Waals surface area contributed by atoms with Gasteiger partial charge in [-0.05, 0) is 72.7 Å². The van der Waals surface area contributed by atoms with Crippen molar-refractivity contribution in [2.45, 2.75) is 25.7 Å². The van der Waals surface area contributed by atoms with Gasteiger partial charge in [-0.3, -0.25) is 4.79 Å². The second-order valence-corrected chi connectivity index (χ2v) is 7.67. The van der Waals surface area contributed by atoms with Crippen molar-refractivity contribution in [1.29, 1.82) is 0 Å². The van der Waals surface area contributed by atoms with E-state index in [-0.39, 0.29) is 5.91 Å². The van der Waals surface area contributed by atoms with Gasteiger partial charge in [-0.2, -0.15) is 0 Å². The molecule has 0 unspecified atom stereocenters. The van der Waals surface area contributed by atoms with Gasteiger partial charge in [0.1, 0.15) is 0 Å². The summed E-state index contributed by atoms with van der Waals surface area (Å²) < 4.78 is 0. The van der Waals surface area contributed by atoms with E-state index in [0.29, 0.717) is 16.9 Å². The number of anilines is 2. The van der Waals surface area contributed by atoms with Crippen LogP contribution in [0.2, 0.25) is 0 Å². The van der Waals surface area contributed by atoms with Crippen LogP contribution in [0, 0.1) is 0 Å². The number of benzene rings is 3. The number of nitrogen functional groups attached to an aromatic ring is 1. The number of aromatic amines is 1. The first-order valence-corrected chi connectivity index (χ1v) is 10.1. The topological polar surface area (TPSA) is 70.9 Å². The Bertz CT molecular complexity index is 1210. The van der Waals surface area contributed by atoms with E-state index in [0.717, 1.165) is 29.5 Å². The molecule has 5 rings (SSSR count). The summed E-state index contributed by atoms with van der Waals surface area (Å²) in [5.41, 5.74) is 13.9. The highest BCUT2D eigenvalue weighted by Crippen LogP contribution is 2.31. The first-order valence-electron chi connectivity index (χ1n) is 10.1. The van der Waals surface area contributed by atoms with E-state index >= 15 is 0 Å². The van der Waals surface area contributed by atoms with E-state index in [1.807, 2.05) is 66.7 Å². The lowest BCUT2D eigenvalue weighted by Gasteiger charge is -2.12. The molecule has 0 spiro atoms. The molecule has 144 valence electrons. The van der Waals surface area contributed by atoms with Crippen molar-refractivity contribution in [3.05, 3.63) is 83.6 Å². The Kier molecular flexibility index (Phi) is 4.32. The van der Waals surface area contributed by atoms with Crippen molar-refractivity contribution >= 4 is 28.2 Å². The summed E-state index contributed by atoms with van der Waals surface area (Å²) >= 11 is 0. The maximum Gasteiger partial charge on any atom is 0.255 e. The molecule has 0 saturated carbocycles. The lowest BCUT2D eigenvalue weighted by atomic mass is 9.95. The van der Waals surface area contributed by atoms with Crippen LogP contribution in [0.15, 0.2) is 66.7 Å². The van der Waals surface area contributed by atoms with Crippen molar-refractivity contribution < 1.29 is 4.79 Å². The van der Waals surface area contributed by atoms with Gasteiger partial charge in [-0.15, -0.1) is 0 Å². The number of amides is 1. The Morgan fingerprint density at radius 1 is 0.897 bits per heavy atom. The standard InChI is InChI=1S/C25H23N3O/c26-21-12-10-17(16-6-2-1-3-7-16)15-24(21)28-25(29)18-11-13-23-20(14-18)19-8-4-5-9-22(19)27-23/h1-3,6-7,10-15,27H,4-5,8-9,26H2,(H,28,29). The highest BCUT2D eigenvalue weighted by Gasteiger charge is 2.17. The molecule has 0 radical (unpaired) electrons. The molecule has 4 nitrogen and oxygen atoms in total. The Balaban J connectivity index is 1.46. The fourth-order valence-electron chi connectivity index (χ4n) is 4.22. The van der Waals surface area contributed by atoms with Crippen LogP contribution in [0.1, 0.15) is 34.5 Å². The van der Waals surface area contributed by atoms with Crippen molar-refractivity contribution in [3.63, 3.8) is 0 Å². The fourth-order valence-corrected chi connectivity index (χ4v) is 4.22. The number of nitrogens with two attached hydrogens (primary N) is 1. The number of aromatic nitrogens is 1. The van der Waals surface area contributed by atoms with E-state index < -0.39 is 0 Å². The van der Waals surface area contributed by atoms with E-state index in [1.165, 1.54) is 29.5 Å². The summed E-state index contributed by atoms with van der Waals surface area (Å²) in [6.07, 6.45) is 4.60. The lowest BCUT2D eigenvalue weighted by Crippen LogP contribution is -2.13. The van der Waals surface area contributed by atoms with Gasteiger partial charge in [0.15, 0.2) is 0 Å². The number of carbonyl (C=O) groups is 1. The van der Waals surface area contributed by atoms with Gasteiger partial charge in [-0.25, -0.2) is 0 Å². The highest BCUT2D eigenvalue weighted by atomic mass is 16.1. The van der Waals surface area contributed by atoms with Crippen LogP contribution in [0.5, 0.6) is 0 Å². The predicted molar refractivity (Wildman–Crippen MR) is 119 cm³/mol. The average molecular weight is 381 g/mol. The summed E-state index contributed by atoms with van der Waals surface area (Å²) in [4.78, 5) is 16.5. The number of hydrogen-bond acceptors (Lipinski definition) is 2. The first-order chi connectivity index (χ1) is 14.2. The molecule has 0 saturated heterocycles. The number of nitrogens with one attached hydrogen (secondary N) is 2. The molecular weight excluding hydrogens is 358 g/mol.